The van der Waals surface area contributed by atoms with Gasteiger partial charge >= 0.3 is 0 Å². The van der Waals surface area contributed by atoms with Crippen molar-refractivity contribution < 1.29 is 8.42 Å². The quantitative estimate of drug-likeness (QED) is 0.252. The molecule has 0 bridgehead atoms. The third-order valence-electron chi connectivity index (χ3n) is 4.98. The van der Waals surface area contributed by atoms with Crippen LogP contribution >= 0.6 is 24.0 Å². The Hall–Kier alpha value is -1.73. The molecule has 1 aliphatic rings. The molecule has 160 valence electrons. The van der Waals surface area contributed by atoms with Crippen molar-refractivity contribution in [3.8, 4) is 0 Å². The minimum atomic E-state index is -3.55. The molecule has 3 rings (SSSR count). The standard InChI is InChI=1S/C18H27N7O2S.HI/c1-15-5-10-24(13-17(15)25-11-9-21-14-25)18(19-2)22-7-8-23-28(26,27)16-4-3-6-20-12-16;/h3-4,6,9,11-12,14-15,17,23H,5,7-8,10,13H2,1-2H3,(H,19,22);1H. The van der Waals surface area contributed by atoms with Gasteiger partial charge in [-0.15, -0.1) is 24.0 Å². The minimum Gasteiger partial charge on any atom is -0.355 e. The van der Waals surface area contributed by atoms with Crippen molar-refractivity contribution in [3.63, 3.8) is 0 Å². The van der Waals surface area contributed by atoms with E-state index in [1.54, 1.807) is 25.5 Å². The first kappa shape index (κ1) is 23.5. The maximum Gasteiger partial charge on any atom is 0.242 e. The van der Waals surface area contributed by atoms with Gasteiger partial charge in [0.2, 0.25) is 10.0 Å². The molecule has 1 fully saturated rings. The summed E-state index contributed by atoms with van der Waals surface area (Å²) in [5, 5.41) is 3.25. The lowest BCUT2D eigenvalue weighted by Crippen LogP contribution is -2.50. The molecule has 2 aromatic rings. The number of aromatic nitrogens is 3. The van der Waals surface area contributed by atoms with Crippen LogP contribution in [0.2, 0.25) is 0 Å². The molecule has 0 radical (unpaired) electrons. The zero-order chi connectivity index (χ0) is 20.0. The van der Waals surface area contributed by atoms with E-state index >= 15 is 0 Å². The molecule has 0 amide bonds. The lowest BCUT2D eigenvalue weighted by Gasteiger charge is -2.39. The van der Waals surface area contributed by atoms with E-state index in [2.05, 4.69) is 41.4 Å². The number of imidazole rings is 1. The summed E-state index contributed by atoms with van der Waals surface area (Å²) in [5.74, 6) is 1.33. The van der Waals surface area contributed by atoms with Crippen LogP contribution in [0.3, 0.4) is 0 Å². The SMILES string of the molecule is CN=C(NCCNS(=O)(=O)c1cccnc1)N1CCC(C)C(n2ccnc2)C1.I. The second-order valence-corrected chi connectivity index (χ2v) is 8.62. The summed E-state index contributed by atoms with van der Waals surface area (Å²) >= 11 is 0. The van der Waals surface area contributed by atoms with Crippen molar-refractivity contribution in [2.75, 3.05) is 33.2 Å². The highest BCUT2D eigenvalue weighted by Gasteiger charge is 2.28. The van der Waals surface area contributed by atoms with Crippen LogP contribution in [0.1, 0.15) is 19.4 Å². The number of sulfonamides is 1. The maximum absolute atomic E-state index is 12.2. The number of guanidine groups is 1. The van der Waals surface area contributed by atoms with Gasteiger partial charge in [-0.25, -0.2) is 18.1 Å². The Balaban J connectivity index is 0.00000300. The van der Waals surface area contributed by atoms with Gasteiger partial charge in [0.25, 0.3) is 0 Å². The monoisotopic (exact) mass is 533 g/mol. The normalized spacial score (nSPS) is 20.2. The van der Waals surface area contributed by atoms with Crippen LogP contribution in [-0.2, 0) is 10.0 Å². The van der Waals surface area contributed by atoms with Crippen LogP contribution in [0.4, 0.5) is 0 Å². The first-order chi connectivity index (χ1) is 13.5. The van der Waals surface area contributed by atoms with Crippen molar-refractivity contribution in [2.45, 2.75) is 24.3 Å². The molecule has 29 heavy (non-hydrogen) atoms. The second kappa shape index (κ2) is 10.9. The van der Waals surface area contributed by atoms with Gasteiger partial charge in [0, 0.05) is 58.0 Å². The summed E-state index contributed by atoms with van der Waals surface area (Å²) in [6, 6.07) is 3.45. The van der Waals surface area contributed by atoms with Crippen molar-refractivity contribution >= 4 is 40.0 Å². The van der Waals surface area contributed by atoms with Gasteiger partial charge in [-0.05, 0) is 24.5 Å². The predicted molar refractivity (Wildman–Crippen MR) is 123 cm³/mol. The van der Waals surface area contributed by atoms with Gasteiger partial charge < -0.3 is 14.8 Å². The average Bonchev–Trinajstić information content (AvgIpc) is 3.24. The Morgan fingerprint density at radius 3 is 2.79 bits per heavy atom. The molecule has 11 heteroatoms. The van der Waals surface area contributed by atoms with E-state index < -0.39 is 10.0 Å². The number of piperidine rings is 1. The number of hydrogen-bond acceptors (Lipinski definition) is 5. The zero-order valence-electron chi connectivity index (χ0n) is 16.6. The van der Waals surface area contributed by atoms with Gasteiger partial charge in [-0.2, -0.15) is 0 Å². The van der Waals surface area contributed by atoms with Crippen LogP contribution in [0.5, 0.6) is 0 Å². The average molecular weight is 533 g/mol. The lowest BCUT2D eigenvalue weighted by molar-refractivity contribution is 0.189. The first-order valence-corrected chi connectivity index (χ1v) is 10.8. The third-order valence-corrected chi connectivity index (χ3v) is 6.43. The molecule has 9 nitrogen and oxygen atoms in total. The summed E-state index contributed by atoms with van der Waals surface area (Å²) in [4.78, 5) is 14.7. The summed E-state index contributed by atoms with van der Waals surface area (Å²) in [5.41, 5.74) is 0. The number of nitrogens with one attached hydrogen (secondary N) is 2. The van der Waals surface area contributed by atoms with E-state index in [1.165, 1.54) is 12.3 Å². The number of likely N-dealkylation sites (tertiary alicyclic amines) is 1. The number of halogens is 1. The molecule has 0 spiro atoms. The first-order valence-electron chi connectivity index (χ1n) is 9.34. The molecule has 1 aliphatic heterocycles. The van der Waals surface area contributed by atoms with E-state index in [-0.39, 0.29) is 35.4 Å². The largest absolute Gasteiger partial charge is 0.355 e. The Morgan fingerprint density at radius 1 is 1.31 bits per heavy atom. The van der Waals surface area contributed by atoms with Gasteiger partial charge in [0.05, 0.1) is 12.4 Å². The van der Waals surface area contributed by atoms with Gasteiger partial charge in [-0.3, -0.25) is 9.98 Å². The summed E-state index contributed by atoms with van der Waals surface area (Å²) in [7, 11) is -1.81. The molecule has 2 atom stereocenters. The topological polar surface area (TPSA) is 105 Å². The number of nitrogens with zero attached hydrogens (tertiary/aromatic N) is 5. The molecule has 1 saturated heterocycles. The van der Waals surface area contributed by atoms with E-state index in [9.17, 15) is 8.42 Å². The molecular formula is C18H28IN7O2S. The number of hydrogen-bond donors (Lipinski definition) is 2. The van der Waals surface area contributed by atoms with E-state index in [4.69, 9.17) is 0 Å². The molecule has 0 aliphatic carbocycles. The van der Waals surface area contributed by atoms with Crippen molar-refractivity contribution in [3.05, 3.63) is 43.2 Å². The third kappa shape index (κ3) is 6.12. The van der Waals surface area contributed by atoms with Gasteiger partial charge in [0.15, 0.2) is 5.96 Å². The maximum atomic E-state index is 12.2. The van der Waals surface area contributed by atoms with Gasteiger partial charge in [0.1, 0.15) is 4.90 Å². The van der Waals surface area contributed by atoms with Gasteiger partial charge in [-0.1, -0.05) is 6.92 Å². The molecule has 3 heterocycles. The fourth-order valence-corrected chi connectivity index (χ4v) is 4.37. The fourth-order valence-electron chi connectivity index (χ4n) is 3.38. The van der Waals surface area contributed by atoms with Crippen molar-refractivity contribution in [1.29, 1.82) is 0 Å². The highest BCUT2D eigenvalue weighted by molar-refractivity contribution is 14.0. The zero-order valence-corrected chi connectivity index (χ0v) is 19.7. The molecular weight excluding hydrogens is 505 g/mol. The molecule has 2 aromatic heterocycles. The van der Waals surface area contributed by atoms with E-state index in [0.717, 1.165) is 25.5 Å². The number of pyridine rings is 1. The summed E-state index contributed by atoms with van der Waals surface area (Å²) < 4.78 is 29.2. The van der Waals surface area contributed by atoms with E-state index in [1.807, 2.05) is 12.5 Å². The Morgan fingerprint density at radius 2 is 2.14 bits per heavy atom. The minimum absolute atomic E-state index is 0. The van der Waals surface area contributed by atoms with Crippen LogP contribution in [0, 0.1) is 5.92 Å². The van der Waals surface area contributed by atoms with Crippen LogP contribution in [0.25, 0.3) is 0 Å². The number of rotatable bonds is 6. The molecule has 2 unspecified atom stereocenters. The highest BCUT2D eigenvalue weighted by atomic mass is 127. The lowest BCUT2D eigenvalue weighted by atomic mass is 9.93. The van der Waals surface area contributed by atoms with Crippen molar-refractivity contribution in [1.82, 2.24) is 29.5 Å². The number of aliphatic imine (C=N–C) groups is 1. The molecule has 0 saturated carbocycles. The summed E-state index contributed by atoms with van der Waals surface area (Å²) in [6.07, 6.45) is 9.58. The molecule has 0 aromatic carbocycles. The second-order valence-electron chi connectivity index (χ2n) is 6.85. The summed E-state index contributed by atoms with van der Waals surface area (Å²) in [6.45, 7) is 4.69. The molecule has 2 N–H and O–H groups in total. The smallest absolute Gasteiger partial charge is 0.242 e. The Bertz CT molecular complexity index is 875. The van der Waals surface area contributed by atoms with Crippen LogP contribution < -0.4 is 10.0 Å². The highest BCUT2D eigenvalue weighted by Crippen LogP contribution is 2.27. The Kier molecular flexibility index (Phi) is 8.83. The van der Waals surface area contributed by atoms with E-state index in [0.29, 0.717) is 18.5 Å². The Labute approximate surface area is 189 Å². The van der Waals surface area contributed by atoms with Crippen LogP contribution in [-0.4, -0.2) is 67.0 Å². The van der Waals surface area contributed by atoms with Crippen LogP contribution in [0.15, 0.2) is 53.1 Å². The fraction of sp³-hybridized carbons (Fsp3) is 0.500. The predicted octanol–water partition coefficient (Wildman–Crippen LogP) is 1.33. The van der Waals surface area contributed by atoms with Crippen molar-refractivity contribution in [2.24, 2.45) is 10.9 Å².